The van der Waals surface area contributed by atoms with E-state index in [0.717, 1.165) is 34.7 Å². The molecule has 1 heterocycles. The molecule has 140 valence electrons. The topological polar surface area (TPSA) is 56.2 Å². The summed E-state index contributed by atoms with van der Waals surface area (Å²) in [6.07, 6.45) is 1.75. The van der Waals surface area contributed by atoms with Gasteiger partial charge in [0.15, 0.2) is 0 Å². The molecule has 3 rings (SSSR count). The second-order valence-electron chi connectivity index (χ2n) is 6.53. The van der Waals surface area contributed by atoms with Crippen molar-refractivity contribution >= 4 is 5.91 Å². The second kappa shape index (κ2) is 8.54. The van der Waals surface area contributed by atoms with Crippen LogP contribution in [0.1, 0.15) is 39.7 Å². The van der Waals surface area contributed by atoms with Crippen molar-refractivity contribution in [1.82, 2.24) is 15.1 Å². The Morgan fingerprint density at radius 3 is 2.44 bits per heavy atom. The molecule has 0 radical (unpaired) electrons. The van der Waals surface area contributed by atoms with Gasteiger partial charge in [0.25, 0.3) is 5.91 Å². The van der Waals surface area contributed by atoms with Gasteiger partial charge in [-0.2, -0.15) is 5.10 Å². The lowest BCUT2D eigenvalue weighted by atomic mass is 10.1. The summed E-state index contributed by atoms with van der Waals surface area (Å²) >= 11 is 0. The maximum Gasteiger partial charge on any atom is 0.251 e. The number of aromatic nitrogens is 2. The third-order valence-corrected chi connectivity index (χ3v) is 4.54. The molecule has 0 spiro atoms. The van der Waals surface area contributed by atoms with Crippen molar-refractivity contribution in [2.45, 2.75) is 40.5 Å². The first-order valence-corrected chi connectivity index (χ1v) is 9.15. The quantitative estimate of drug-likeness (QED) is 0.689. The Morgan fingerprint density at radius 2 is 1.78 bits per heavy atom. The lowest BCUT2D eigenvalue weighted by Crippen LogP contribution is -2.24. The van der Waals surface area contributed by atoms with Gasteiger partial charge in [-0.1, -0.05) is 30.3 Å². The Labute approximate surface area is 160 Å². The molecule has 0 fully saturated rings. The fraction of sp³-hybridized carbons (Fsp3) is 0.273. The molecular formula is C22H25N3O2. The van der Waals surface area contributed by atoms with Crippen LogP contribution in [-0.2, 0) is 19.7 Å². The van der Waals surface area contributed by atoms with Crippen LogP contribution in [0.3, 0.4) is 0 Å². The smallest absolute Gasteiger partial charge is 0.251 e. The van der Waals surface area contributed by atoms with Crippen LogP contribution in [0.25, 0.3) is 0 Å². The minimum Gasteiger partial charge on any atom is -0.488 e. The average molecular weight is 363 g/mol. The largest absolute Gasteiger partial charge is 0.488 e. The van der Waals surface area contributed by atoms with Gasteiger partial charge in [0.2, 0.25) is 0 Å². The van der Waals surface area contributed by atoms with E-state index in [1.54, 1.807) is 6.20 Å². The van der Waals surface area contributed by atoms with Gasteiger partial charge in [0.1, 0.15) is 12.4 Å². The number of rotatable bonds is 7. The predicted molar refractivity (Wildman–Crippen MR) is 106 cm³/mol. The summed E-state index contributed by atoms with van der Waals surface area (Å²) in [5, 5.41) is 7.14. The molecule has 0 unspecified atom stereocenters. The summed E-state index contributed by atoms with van der Waals surface area (Å²) in [6, 6.07) is 15.5. The van der Waals surface area contributed by atoms with Gasteiger partial charge in [0.05, 0.1) is 12.2 Å². The van der Waals surface area contributed by atoms with Crippen molar-refractivity contribution in [2.75, 3.05) is 0 Å². The minimum atomic E-state index is -0.0962. The number of ether oxygens (including phenoxy) is 1. The van der Waals surface area contributed by atoms with E-state index in [4.69, 9.17) is 4.74 Å². The number of para-hydroxylation sites is 1. The van der Waals surface area contributed by atoms with E-state index in [-0.39, 0.29) is 5.91 Å². The zero-order valence-corrected chi connectivity index (χ0v) is 16.0. The first kappa shape index (κ1) is 18.7. The van der Waals surface area contributed by atoms with Crippen molar-refractivity contribution in [3.63, 3.8) is 0 Å². The highest BCUT2D eigenvalue weighted by Gasteiger charge is 2.08. The summed E-state index contributed by atoms with van der Waals surface area (Å²) < 4.78 is 7.84. The monoisotopic (exact) mass is 363 g/mol. The highest BCUT2D eigenvalue weighted by atomic mass is 16.5. The van der Waals surface area contributed by atoms with E-state index in [2.05, 4.69) is 10.4 Å². The molecule has 2 aromatic carbocycles. The Kier molecular flexibility index (Phi) is 5.91. The molecule has 3 aromatic rings. The number of hydrogen-bond acceptors (Lipinski definition) is 3. The molecule has 1 aromatic heterocycles. The molecule has 0 bridgehead atoms. The van der Waals surface area contributed by atoms with E-state index >= 15 is 0 Å². The number of nitrogens with one attached hydrogen (secondary N) is 1. The van der Waals surface area contributed by atoms with Crippen LogP contribution in [-0.4, -0.2) is 15.7 Å². The molecule has 0 saturated carbocycles. The zero-order valence-electron chi connectivity index (χ0n) is 16.0. The summed E-state index contributed by atoms with van der Waals surface area (Å²) in [5.41, 5.74) is 4.89. The number of amides is 1. The predicted octanol–water partition coefficient (Wildman–Crippen LogP) is 4.03. The second-order valence-corrected chi connectivity index (χ2v) is 6.53. The number of carbonyl (C=O) groups is 1. The third-order valence-electron chi connectivity index (χ3n) is 4.54. The number of benzene rings is 2. The van der Waals surface area contributed by atoms with Gasteiger partial charge in [-0.05, 0) is 55.7 Å². The van der Waals surface area contributed by atoms with Crippen molar-refractivity contribution in [2.24, 2.45) is 0 Å². The summed E-state index contributed by atoms with van der Waals surface area (Å²) in [5.74, 6) is 0.827. The third kappa shape index (κ3) is 4.56. The van der Waals surface area contributed by atoms with Gasteiger partial charge in [-0.25, -0.2) is 0 Å². The fourth-order valence-corrected chi connectivity index (χ4v) is 3.00. The molecule has 0 aliphatic carbocycles. The Morgan fingerprint density at radius 1 is 1.07 bits per heavy atom. The molecular weight excluding hydrogens is 338 g/mol. The summed E-state index contributed by atoms with van der Waals surface area (Å²) in [7, 11) is 0. The van der Waals surface area contributed by atoms with Crippen LogP contribution < -0.4 is 10.1 Å². The van der Waals surface area contributed by atoms with Crippen molar-refractivity contribution < 1.29 is 9.53 Å². The van der Waals surface area contributed by atoms with Crippen molar-refractivity contribution in [3.05, 3.63) is 82.7 Å². The van der Waals surface area contributed by atoms with Gasteiger partial charge in [-0.15, -0.1) is 0 Å². The van der Waals surface area contributed by atoms with Crippen LogP contribution in [0.15, 0.2) is 54.7 Å². The lowest BCUT2D eigenvalue weighted by molar-refractivity contribution is 0.0950. The Balaban J connectivity index is 1.57. The van der Waals surface area contributed by atoms with Crippen LogP contribution in [0, 0.1) is 13.8 Å². The highest BCUT2D eigenvalue weighted by Crippen LogP contribution is 2.23. The maximum absolute atomic E-state index is 12.3. The fourth-order valence-electron chi connectivity index (χ4n) is 3.00. The first-order valence-electron chi connectivity index (χ1n) is 9.15. The van der Waals surface area contributed by atoms with Crippen LogP contribution >= 0.6 is 0 Å². The van der Waals surface area contributed by atoms with Gasteiger partial charge >= 0.3 is 0 Å². The van der Waals surface area contributed by atoms with Crippen molar-refractivity contribution in [3.8, 4) is 5.75 Å². The molecule has 0 aliphatic rings. The van der Waals surface area contributed by atoms with Crippen LogP contribution in [0.4, 0.5) is 0 Å². The number of aryl methyl sites for hydroxylation is 3. The van der Waals surface area contributed by atoms with Crippen LogP contribution in [0.2, 0.25) is 0 Å². The molecule has 27 heavy (non-hydrogen) atoms. The van der Waals surface area contributed by atoms with Crippen LogP contribution in [0.5, 0.6) is 5.75 Å². The standard InChI is InChI=1S/C22H25N3O2/c1-4-25-20(12-13-24-25)14-23-22(26)19-10-8-18(9-11-19)15-27-21-16(2)6-5-7-17(21)3/h5-13H,4,14-15H2,1-3H3,(H,23,26). The Bertz CT molecular complexity index is 893. The molecule has 0 aliphatic heterocycles. The van der Waals surface area contributed by atoms with E-state index in [0.29, 0.717) is 18.7 Å². The van der Waals surface area contributed by atoms with E-state index in [9.17, 15) is 4.79 Å². The van der Waals surface area contributed by atoms with E-state index < -0.39 is 0 Å². The van der Waals surface area contributed by atoms with Gasteiger partial charge < -0.3 is 10.1 Å². The normalized spacial score (nSPS) is 10.6. The first-order chi connectivity index (χ1) is 13.1. The molecule has 1 N–H and O–H groups in total. The lowest BCUT2D eigenvalue weighted by Gasteiger charge is -2.12. The minimum absolute atomic E-state index is 0.0962. The maximum atomic E-state index is 12.3. The molecule has 5 nitrogen and oxygen atoms in total. The Hall–Kier alpha value is -3.08. The summed E-state index contributed by atoms with van der Waals surface area (Å²) in [6.45, 7) is 7.83. The van der Waals surface area contributed by atoms with Gasteiger partial charge in [0, 0.05) is 18.3 Å². The number of carbonyl (C=O) groups excluding carboxylic acids is 1. The molecule has 0 saturated heterocycles. The summed E-state index contributed by atoms with van der Waals surface area (Å²) in [4.78, 5) is 12.3. The molecule has 5 heteroatoms. The number of nitrogens with zero attached hydrogens (tertiary/aromatic N) is 2. The SMILES string of the molecule is CCn1nccc1CNC(=O)c1ccc(COc2c(C)cccc2C)cc1. The zero-order chi connectivity index (χ0) is 19.2. The molecule has 1 amide bonds. The average Bonchev–Trinajstić information content (AvgIpc) is 3.14. The van der Waals surface area contributed by atoms with Crippen molar-refractivity contribution in [1.29, 1.82) is 0 Å². The highest BCUT2D eigenvalue weighted by molar-refractivity contribution is 5.94. The van der Waals surface area contributed by atoms with E-state index in [1.807, 2.05) is 74.0 Å². The van der Waals surface area contributed by atoms with Gasteiger partial charge in [-0.3, -0.25) is 9.48 Å². The number of hydrogen-bond donors (Lipinski definition) is 1. The van der Waals surface area contributed by atoms with E-state index in [1.165, 1.54) is 0 Å². The molecule has 0 atom stereocenters.